The van der Waals surface area contributed by atoms with Gasteiger partial charge in [-0.1, -0.05) is 29.8 Å². The van der Waals surface area contributed by atoms with Crippen LogP contribution < -0.4 is 51.4 Å². The van der Waals surface area contributed by atoms with Crippen molar-refractivity contribution in [2.45, 2.75) is 11.8 Å². The molecule has 0 radical (unpaired) electrons. The van der Waals surface area contributed by atoms with Crippen molar-refractivity contribution in [3.63, 3.8) is 0 Å². The molecular weight excluding hydrogens is 155 g/mol. The van der Waals surface area contributed by atoms with Crippen molar-refractivity contribution in [2.24, 2.45) is 0 Å². The van der Waals surface area contributed by atoms with Crippen LogP contribution >= 0.6 is 0 Å². The minimum atomic E-state index is 0. The Morgan fingerprint density at radius 1 is 1.22 bits per heavy atom. The Bertz CT molecular complexity index is 165. The van der Waals surface area contributed by atoms with E-state index in [0.29, 0.717) is 0 Å². The van der Waals surface area contributed by atoms with Crippen molar-refractivity contribution in [1.82, 2.24) is 0 Å². The van der Waals surface area contributed by atoms with Crippen LogP contribution in [0.3, 0.4) is 0 Å². The first kappa shape index (κ1) is 10.1. The molecule has 0 fully saturated rings. The summed E-state index contributed by atoms with van der Waals surface area (Å²) < 4.78 is 0. The van der Waals surface area contributed by atoms with E-state index in [2.05, 4.69) is 0 Å². The molecule has 0 aliphatic heterocycles. The SMILES string of the molecule is Cc1ccccc1[S-].[K+]. The van der Waals surface area contributed by atoms with Gasteiger partial charge in [-0.3, -0.25) is 0 Å². The number of aryl methyl sites for hydroxylation is 1. The third kappa shape index (κ3) is 3.12. The Kier molecular flexibility index (Phi) is 5.40. The molecule has 0 aliphatic carbocycles. The van der Waals surface area contributed by atoms with Gasteiger partial charge in [0.1, 0.15) is 0 Å². The van der Waals surface area contributed by atoms with Gasteiger partial charge in [0.2, 0.25) is 0 Å². The van der Waals surface area contributed by atoms with Gasteiger partial charge in [-0.05, 0) is 6.92 Å². The molecule has 42 valence electrons. The molecule has 0 bridgehead atoms. The molecule has 0 atom stereocenters. The van der Waals surface area contributed by atoms with Crippen molar-refractivity contribution < 1.29 is 51.4 Å². The molecule has 0 saturated carbocycles. The van der Waals surface area contributed by atoms with Crippen molar-refractivity contribution in [3.05, 3.63) is 29.8 Å². The zero-order chi connectivity index (χ0) is 5.98. The molecule has 1 rings (SSSR count). The average Bonchev–Trinajstić information content (AvgIpc) is 1.77. The van der Waals surface area contributed by atoms with E-state index < -0.39 is 0 Å². The van der Waals surface area contributed by atoms with E-state index in [0.717, 1.165) is 4.90 Å². The van der Waals surface area contributed by atoms with Crippen molar-refractivity contribution in [2.75, 3.05) is 0 Å². The summed E-state index contributed by atoms with van der Waals surface area (Å²) in [5.41, 5.74) is 1.18. The fraction of sp³-hybridized carbons (Fsp3) is 0.143. The van der Waals surface area contributed by atoms with E-state index in [-0.39, 0.29) is 51.4 Å². The van der Waals surface area contributed by atoms with Crippen molar-refractivity contribution in [3.8, 4) is 0 Å². The summed E-state index contributed by atoms with van der Waals surface area (Å²) in [6, 6.07) is 7.90. The van der Waals surface area contributed by atoms with Gasteiger partial charge in [-0.2, -0.15) is 4.90 Å². The first-order valence-electron chi connectivity index (χ1n) is 2.53. The Morgan fingerprint density at radius 3 is 2.11 bits per heavy atom. The van der Waals surface area contributed by atoms with Crippen LogP contribution in [0.4, 0.5) is 0 Å². The zero-order valence-corrected chi connectivity index (χ0v) is 9.66. The molecule has 0 heterocycles. The van der Waals surface area contributed by atoms with Crippen LogP contribution in [-0.2, 0) is 12.6 Å². The van der Waals surface area contributed by atoms with E-state index in [9.17, 15) is 0 Å². The largest absolute Gasteiger partial charge is 1.00 e. The van der Waals surface area contributed by atoms with E-state index in [1.807, 2.05) is 31.2 Å². The molecular formula is C7H7KS. The molecule has 1 aromatic rings. The van der Waals surface area contributed by atoms with Gasteiger partial charge >= 0.3 is 51.4 Å². The maximum Gasteiger partial charge on any atom is 1.00 e. The second-order valence-electron chi connectivity index (χ2n) is 1.77. The predicted octanol–water partition coefficient (Wildman–Crippen LogP) is -1.10. The van der Waals surface area contributed by atoms with Crippen molar-refractivity contribution in [1.29, 1.82) is 0 Å². The number of hydrogen-bond acceptors (Lipinski definition) is 1. The van der Waals surface area contributed by atoms with E-state index in [1.165, 1.54) is 5.56 Å². The van der Waals surface area contributed by atoms with Crippen LogP contribution in [0, 0.1) is 6.92 Å². The molecule has 0 nitrogen and oxygen atoms in total. The second-order valence-corrected chi connectivity index (χ2v) is 2.21. The zero-order valence-electron chi connectivity index (χ0n) is 5.72. The maximum atomic E-state index is 4.95. The van der Waals surface area contributed by atoms with Gasteiger partial charge in [0.25, 0.3) is 0 Å². The van der Waals surface area contributed by atoms with E-state index >= 15 is 0 Å². The Balaban J connectivity index is 0.000000640. The second kappa shape index (κ2) is 4.83. The normalized spacial score (nSPS) is 8.11. The van der Waals surface area contributed by atoms with E-state index in [1.54, 1.807) is 0 Å². The van der Waals surface area contributed by atoms with Crippen LogP contribution in [0.1, 0.15) is 5.56 Å². The standard InChI is InChI=1S/C7H8S.K/c1-6-4-2-3-5-7(6)8;/h2-5,8H,1H3;/q;+1/p-1. The molecule has 1 aromatic carbocycles. The smallest absolute Gasteiger partial charge is 0.779 e. The fourth-order valence-corrected chi connectivity index (χ4v) is 0.703. The summed E-state index contributed by atoms with van der Waals surface area (Å²) in [6.45, 7) is 2.02. The van der Waals surface area contributed by atoms with Gasteiger partial charge in [0, 0.05) is 0 Å². The summed E-state index contributed by atoms with van der Waals surface area (Å²) in [4.78, 5) is 0.951. The summed E-state index contributed by atoms with van der Waals surface area (Å²) in [5, 5.41) is 0. The van der Waals surface area contributed by atoms with Gasteiger partial charge in [0.15, 0.2) is 0 Å². The molecule has 0 aromatic heterocycles. The quantitative estimate of drug-likeness (QED) is 0.345. The van der Waals surface area contributed by atoms with Gasteiger partial charge in [-0.15, -0.1) is 0 Å². The minimum Gasteiger partial charge on any atom is -0.779 e. The van der Waals surface area contributed by atoms with Crippen LogP contribution in [0.2, 0.25) is 0 Å². The monoisotopic (exact) mass is 162 g/mol. The van der Waals surface area contributed by atoms with Crippen LogP contribution in [0.15, 0.2) is 29.2 Å². The Hall–Kier alpha value is 1.08. The molecule has 0 amide bonds. The predicted molar refractivity (Wildman–Crippen MR) is 36.8 cm³/mol. The number of benzene rings is 1. The topological polar surface area (TPSA) is 0 Å². The summed E-state index contributed by atoms with van der Waals surface area (Å²) in [5.74, 6) is 0. The molecule has 0 spiro atoms. The van der Waals surface area contributed by atoms with Crippen molar-refractivity contribution >= 4 is 12.6 Å². The summed E-state index contributed by atoms with van der Waals surface area (Å²) in [7, 11) is 0. The number of rotatable bonds is 0. The minimum absolute atomic E-state index is 0. The molecule has 0 saturated heterocycles. The first-order chi connectivity index (χ1) is 3.80. The van der Waals surface area contributed by atoms with Crippen LogP contribution in [0.5, 0.6) is 0 Å². The Labute approximate surface area is 104 Å². The van der Waals surface area contributed by atoms with Crippen LogP contribution in [-0.4, -0.2) is 0 Å². The van der Waals surface area contributed by atoms with E-state index in [4.69, 9.17) is 12.6 Å². The molecule has 9 heavy (non-hydrogen) atoms. The molecule has 0 N–H and O–H groups in total. The fourth-order valence-electron chi connectivity index (χ4n) is 0.556. The first-order valence-corrected chi connectivity index (χ1v) is 2.94. The average molecular weight is 162 g/mol. The van der Waals surface area contributed by atoms with Crippen LogP contribution in [0.25, 0.3) is 0 Å². The Morgan fingerprint density at radius 2 is 1.78 bits per heavy atom. The molecule has 0 aliphatic rings. The summed E-state index contributed by atoms with van der Waals surface area (Å²) >= 11 is 4.95. The molecule has 2 heteroatoms. The third-order valence-corrected chi connectivity index (χ3v) is 1.55. The van der Waals surface area contributed by atoms with Gasteiger partial charge in [-0.25, -0.2) is 0 Å². The number of hydrogen-bond donors (Lipinski definition) is 0. The van der Waals surface area contributed by atoms with Gasteiger partial charge < -0.3 is 12.6 Å². The summed E-state index contributed by atoms with van der Waals surface area (Å²) in [6.07, 6.45) is 0. The maximum absolute atomic E-state index is 4.95. The third-order valence-electron chi connectivity index (χ3n) is 1.09. The molecule has 0 unspecified atom stereocenters. The van der Waals surface area contributed by atoms with Gasteiger partial charge in [0.05, 0.1) is 0 Å².